The number of aromatic nitrogens is 1. The maximum absolute atomic E-state index is 10.4. The first-order valence-electron chi connectivity index (χ1n) is 34.5. The van der Waals surface area contributed by atoms with Crippen molar-refractivity contribution in [2.45, 2.75) is 0 Å². The minimum absolute atomic E-state index is 0.297. The zero-order valence-electron chi connectivity index (χ0n) is 64.3. The van der Waals surface area contributed by atoms with Gasteiger partial charge in [-0.05, 0) is 94.3 Å². The van der Waals surface area contributed by atoms with Crippen molar-refractivity contribution in [2.75, 3.05) is 4.90 Å². The van der Waals surface area contributed by atoms with Gasteiger partial charge in [0, 0.05) is 59.3 Å². The van der Waals surface area contributed by atoms with E-state index < -0.39 is 316 Å². The summed E-state index contributed by atoms with van der Waals surface area (Å²) in [6, 6.07) is -38.2. The van der Waals surface area contributed by atoms with E-state index in [4.69, 9.17) is 28.8 Å². The summed E-state index contributed by atoms with van der Waals surface area (Å²) in [5.74, 6) is 0. The Labute approximate surface area is 386 Å². The van der Waals surface area contributed by atoms with E-state index in [-0.39, 0.29) is 0 Å². The molecule has 3 heteroatoms. The van der Waals surface area contributed by atoms with E-state index in [1.165, 1.54) is 0 Å². The molecule has 0 aliphatic carbocycles. The van der Waals surface area contributed by atoms with Crippen molar-refractivity contribution in [2.24, 2.45) is 0 Å². The molecule has 0 aliphatic heterocycles. The first-order chi connectivity index (χ1) is 43.3. The molecule has 0 aliphatic rings. The van der Waals surface area contributed by atoms with Crippen molar-refractivity contribution >= 4 is 70.4 Å². The molecule has 0 N–H and O–H groups in total. The number of thiophene rings is 1. The standard InChI is InChI=1S/C54H36N2S/c1-3-13-37(14-4-1)39-23-29-42(30-24-39)55(43-31-25-40(26-32-43)38-15-5-2-6-16-38)45-35-49(54-50(36-45)48-19-9-12-22-53(48)57-54)41-27-33-44(34-28-41)56-51-20-10-7-17-46(51)47-18-8-11-21-52(47)56/h1-36H/i1D,2D,3D,4D,5D,6D,7D,8D,9D,10D,11D,12D,13D,14D,15D,16D,17D,18D,19D,20D,21D,22D,23D,24D,25D,26D,27D,28D,29D,30D,31D,32D,33D,34D,35D,36D. The number of fused-ring (bicyclic) bond motifs is 6. The van der Waals surface area contributed by atoms with Crippen LogP contribution in [-0.4, -0.2) is 4.57 Å². The van der Waals surface area contributed by atoms with E-state index in [9.17, 15) is 20.6 Å². The number of rotatable bonds is 7. The van der Waals surface area contributed by atoms with Gasteiger partial charge in [-0.15, -0.1) is 11.3 Å². The molecular formula is C54H36N2S. The van der Waals surface area contributed by atoms with Crippen LogP contribution in [-0.2, 0) is 0 Å². The Hall–Kier alpha value is -7.20. The number of hydrogen-bond acceptors (Lipinski definition) is 2. The molecular weight excluding hydrogens is 709 g/mol. The minimum atomic E-state index is -1.35. The van der Waals surface area contributed by atoms with E-state index >= 15 is 0 Å². The molecule has 2 nitrogen and oxygen atoms in total. The molecule has 0 bridgehead atoms. The summed E-state index contributed by atoms with van der Waals surface area (Å²) >= 11 is 0.409. The van der Waals surface area contributed by atoms with Gasteiger partial charge in [-0.1, -0.05) is 151 Å². The molecule has 11 rings (SSSR count). The van der Waals surface area contributed by atoms with Crippen LogP contribution in [0.1, 0.15) is 49.3 Å². The molecule has 0 amide bonds. The topological polar surface area (TPSA) is 8.17 Å². The predicted molar refractivity (Wildman–Crippen MR) is 245 cm³/mol. The quantitative estimate of drug-likeness (QED) is 0.156. The molecule has 0 saturated heterocycles. The van der Waals surface area contributed by atoms with Crippen LogP contribution in [0.4, 0.5) is 17.1 Å². The van der Waals surface area contributed by atoms with Gasteiger partial charge < -0.3 is 9.47 Å². The number of anilines is 3. The largest absolute Gasteiger partial charge is 0.310 e. The van der Waals surface area contributed by atoms with E-state index in [0.717, 1.165) is 0 Å². The number of benzene rings is 9. The highest BCUT2D eigenvalue weighted by Crippen LogP contribution is 2.46. The lowest BCUT2D eigenvalue weighted by Crippen LogP contribution is -2.10. The monoisotopic (exact) mass is 780 g/mol. The molecule has 2 aromatic heterocycles. The molecule has 0 fully saturated rings. The molecule has 0 atom stereocenters. The third-order valence-electron chi connectivity index (χ3n) is 8.56. The lowest BCUT2D eigenvalue weighted by molar-refractivity contribution is 1.18. The second kappa shape index (κ2) is 13.8. The number of para-hydroxylation sites is 2. The van der Waals surface area contributed by atoms with Gasteiger partial charge in [0.05, 0.1) is 60.4 Å². The Kier molecular flexibility index (Phi) is 3.13. The Morgan fingerprint density at radius 2 is 0.825 bits per heavy atom. The Bertz CT molecular complexity index is 5000. The molecule has 11 aromatic rings. The second-order valence-corrected chi connectivity index (χ2v) is 12.8. The van der Waals surface area contributed by atoms with Gasteiger partial charge in [-0.25, -0.2) is 0 Å². The van der Waals surface area contributed by atoms with Gasteiger partial charge in [-0.2, -0.15) is 0 Å². The van der Waals surface area contributed by atoms with Crippen LogP contribution < -0.4 is 4.90 Å². The Morgan fingerprint density at radius 3 is 1.39 bits per heavy atom. The lowest BCUT2D eigenvalue weighted by Gasteiger charge is -2.27. The Morgan fingerprint density at radius 1 is 0.368 bits per heavy atom. The maximum atomic E-state index is 10.4. The highest BCUT2D eigenvalue weighted by Gasteiger charge is 2.20. The van der Waals surface area contributed by atoms with Gasteiger partial charge in [0.15, 0.2) is 0 Å². The van der Waals surface area contributed by atoms with Crippen molar-refractivity contribution in [1.82, 2.24) is 4.57 Å². The third-order valence-corrected chi connectivity index (χ3v) is 9.68. The van der Waals surface area contributed by atoms with Crippen LogP contribution in [0.2, 0.25) is 0 Å². The average molecular weight is 781 g/mol. The molecule has 0 spiro atoms. The average Bonchev–Trinajstić information content (AvgIpc) is 1.65. The predicted octanol–water partition coefficient (Wildman–Crippen LogP) is 15.6. The highest BCUT2D eigenvalue weighted by atomic mass is 32.1. The van der Waals surface area contributed by atoms with Crippen molar-refractivity contribution in [3.05, 3.63) is 218 Å². The van der Waals surface area contributed by atoms with Crippen molar-refractivity contribution in [1.29, 1.82) is 0 Å². The van der Waals surface area contributed by atoms with Gasteiger partial charge in [0.2, 0.25) is 0 Å². The number of hydrogen-bond donors (Lipinski definition) is 0. The third kappa shape index (κ3) is 5.80. The van der Waals surface area contributed by atoms with E-state index in [0.29, 0.717) is 20.8 Å². The summed E-state index contributed by atoms with van der Waals surface area (Å²) in [5.41, 5.74) is -11.5. The smallest absolute Gasteiger partial charge is 0.0652 e. The van der Waals surface area contributed by atoms with Gasteiger partial charge in [0.1, 0.15) is 0 Å². The van der Waals surface area contributed by atoms with Crippen LogP contribution in [0.25, 0.3) is 81.0 Å². The molecule has 0 radical (unpaired) electrons. The summed E-state index contributed by atoms with van der Waals surface area (Å²) in [6.07, 6.45) is 0. The minimum Gasteiger partial charge on any atom is -0.310 e. The molecule has 268 valence electrons. The highest BCUT2D eigenvalue weighted by molar-refractivity contribution is 7.26. The fourth-order valence-electron chi connectivity index (χ4n) is 6.09. The first kappa shape index (κ1) is 12.9. The van der Waals surface area contributed by atoms with E-state index in [1.807, 2.05) is 0 Å². The molecule has 9 aromatic carbocycles. The molecule has 57 heavy (non-hydrogen) atoms. The normalized spacial score (nSPS) is 20.4. The van der Waals surface area contributed by atoms with Gasteiger partial charge in [-0.3, -0.25) is 0 Å². The summed E-state index contributed by atoms with van der Waals surface area (Å²) < 4.78 is 327. The lowest BCUT2D eigenvalue weighted by atomic mass is 9.99. The SMILES string of the molecule is [2H]c1c([2H])c([2H])c(-c2c([2H])c([2H])c(N(c3c([2H])c([2H])c(-c4c([2H])c([2H])c([2H])c([2H])c4[2H])c([2H])c3[2H])c3c([2H])c(-c4c([2H])c([2H])c(-n5c6c([2H])c([2H])c([2H])c([2H])c6c6c([2H])c([2H])c([2H])c([2H])c65)c([2H])c4[2H])c4sc5c([2H])c([2H])c([2H])c([2H])c5c4c3[2H])c([2H])c2[2H])c([2H])c1[2H]. The van der Waals surface area contributed by atoms with Crippen LogP contribution >= 0.6 is 11.3 Å². The van der Waals surface area contributed by atoms with Gasteiger partial charge in [0.25, 0.3) is 0 Å². The summed E-state index contributed by atoms with van der Waals surface area (Å²) in [6.45, 7) is 0. The van der Waals surface area contributed by atoms with Crippen molar-refractivity contribution < 1.29 is 49.3 Å². The molecule has 0 unspecified atom stereocenters. The summed E-state index contributed by atoms with van der Waals surface area (Å²) in [7, 11) is 0. The van der Waals surface area contributed by atoms with E-state index in [2.05, 4.69) is 0 Å². The summed E-state index contributed by atoms with van der Waals surface area (Å²) in [5, 5.41) is -2.32. The van der Waals surface area contributed by atoms with Crippen LogP contribution in [0.15, 0.2) is 218 Å². The molecule has 2 heterocycles. The summed E-state index contributed by atoms with van der Waals surface area (Å²) in [4.78, 5) is 0.297. The van der Waals surface area contributed by atoms with Crippen LogP contribution in [0.5, 0.6) is 0 Å². The zero-order valence-corrected chi connectivity index (χ0v) is 29.1. The van der Waals surface area contributed by atoms with E-state index in [1.54, 1.807) is 0 Å². The maximum Gasteiger partial charge on any atom is 0.0652 e. The number of nitrogens with zero attached hydrogens (tertiary/aromatic N) is 2. The second-order valence-electron chi connectivity index (χ2n) is 11.8. The van der Waals surface area contributed by atoms with Crippen molar-refractivity contribution in [3.8, 4) is 39.1 Å². The van der Waals surface area contributed by atoms with Crippen molar-refractivity contribution in [3.63, 3.8) is 0 Å². The fraction of sp³-hybridized carbons (Fsp3) is 0. The zero-order chi connectivity index (χ0) is 69.0. The van der Waals surface area contributed by atoms with Crippen LogP contribution in [0.3, 0.4) is 0 Å². The molecule has 0 saturated carbocycles. The Balaban J connectivity index is 1.37. The van der Waals surface area contributed by atoms with Gasteiger partial charge >= 0.3 is 0 Å². The fourth-order valence-corrected chi connectivity index (χ4v) is 7.16. The first-order valence-corrected chi connectivity index (χ1v) is 17.3. The van der Waals surface area contributed by atoms with Crippen LogP contribution in [0, 0.1) is 0 Å².